The van der Waals surface area contributed by atoms with Crippen molar-refractivity contribution < 1.29 is 42.7 Å². The fourth-order valence-electron chi connectivity index (χ4n) is 2.78. The molecule has 0 radical (unpaired) electrons. The van der Waals surface area contributed by atoms with Gasteiger partial charge in [0.1, 0.15) is 16.1 Å². The Hall–Kier alpha value is -2.82. The Bertz CT molecular complexity index is 979. The number of aromatic hydroxyl groups is 2. The number of aliphatic hydroxyl groups is 1. The first-order valence-corrected chi connectivity index (χ1v) is 13.0. The van der Waals surface area contributed by atoms with Crippen LogP contribution in [0.2, 0.25) is 0 Å². The number of phenolic OH excluding ortho intramolecular Hbond substituents is 2. The molecule has 0 aromatic heterocycles. The number of rotatable bonds is 8. The van der Waals surface area contributed by atoms with Crippen molar-refractivity contribution in [1.29, 1.82) is 0 Å². The van der Waals surface area contributed by atoms with Gasteiger partial charge >= 0.3 is 0 Å². The van der Waals surface area contributed by atoms with Crippen LogP contribution >= 0.6 is 0 Å². The van der Waals surface area contributed by atoms with E-state index in [2.05, 4.69) is 0 Å². The SMILES string of the molecule is C.C1CCOC1.CCOc1cc(C(O)CS(C)(=O)=O)ccc1O.CCOc1cc(C=O)ccc1O. The van der Waals surface area contributed by atoms with Crippen LogP contribution in [0.25, 0.3) is 0 Å². The third-order valence-electron chi connectivity index (χ3n) is 4.38. The zero-order valence-electron chi connectivity index (χ0n) is 19.8. The number of carbonyl (C=O) groups excluding carboxylic acids is 1. The maximum absolute atomic E-state index is 11.1. The molecule has 10 heteroatoms. The Morgan fingerprint density at radius 1 is 0.971 bits per heavy atom. The third-order valence-corrected chi connectivity index (χ3v) is 5.30. The van der Waals surface area contributed by atoms with Crippen molar-refractivity contribution in [2.24, 2.45) is 0 Å². The minimum atomic E-state index is -3.26. The molecule has 1 atom stereocenters. The molecular weight excluding hydrogens is 476 g/mol. The first kappa shape index (κ1) is 32.2. The van der Waals surface area contributed by atoms with Crippen molar-refractivity contribution in [3.63, 3.8) is 0 Å². The molecule has 0 saturated carbocycles. The molecule has 1 heterocycles. The summed E-state index contributed by atoms with van der Waals surface area (Å²) < 4.78 is 37.3. The first-order chi connectivity index (χ1) is 16.1. The molecule has 0 bridgehead atoms. The van der Waals surface area contributed by atoms with Crippen molar-refractivity contribution >= 4 is 16.1 Å². The molecule has 1 saturated heterocycles. The quantitative estimate of drug-likeness (QED) is 0.447. The van der Waals surface area contributed by atoms with Gasteiger partial charge in [-0.1, -0.05) is 13.5 Å². The zero-order chi connectivity index (χ0) is 25.6. The maximum Gasteiger partial charge on any atom is 0.161 e. The lowest BCUT2D eigenvalue weighted by Crippen LogP contribution is -2.12. The second-order valence-electron chi connectivity index (χ2n) is 7.37. The summed E-state index contributed by atoms with van der Waals surface area (Å²) in [4.78, 5) is 10.3. The van der Waals surface area contributed by atoms with Crippen molar-refractivity contribution in [2.75, 3.05) is 38.4 Å². The van der Waals surface area contributed by atoms with Crippen molar-refractivity contribution in [3.8, 4) is 23.0 Å². The van der Waals surface area contributed by atoms with Crippen LogP contribution in [0.3, 0.4) is 0 Å². The third kappa shape index (κ3) is 13.0. The highest BCUT2D eigenvalue weighted by molar-refractivity contribution is 7.90. The standard InChI is InChI=1S/C11H16O5S.C9H10O3.C4H8O.CH4/c1-3-16-11-6-8(4-5-9(11)12)10(13)7-17(2,14)15;1-2-12-9-5-7(6-10)3-4-8(9)11;1-2-4-5-3-1;/h4-6,10,12-13H,3,7H2,1-2H3;3-6,11H,2H2,1H3;1-4H2;1H4. The molecule has 1 aliphatic rings. The Morgan fingerprint density at radius 2 is 1.49 bits per heavy atom. The Labute approximate surface area is 208 Å². The highest BCUT2D eigenvalue weighted by Gasteiger charge is 2.16. The van der Waals surface area contributed by atoms with E-state index >= 15 is 0 Å². The fraction of sp³-hybridized carbons (Fsp3) is 0.480. The lowest BCUT2D eigenvalue weighted by Gasteiger charge is -2.12. The van der Waals surface area contributed by atoms with Crippen LogP contribution in [0.15, 0.2) is 36.4 Å². The predicted octanol–water partition coefficient (Wildman–Crippen LogP) is 3.91. The molecule has 3 rings (SSSR count). The van der Waals surface area contributed by atoms with E-state index in [0.29, 0.717) is 36.4 Å². The number of ether oxygens (including phenoxy) is 3. The molecule has 0 spiro atoms. The van der Waals surface area contributed by atoms with Gasteiger partial charge in [-0.25, -0.2) is 8.42 Å². The van der Waals surface area contributed by atoms with Crippen LogP contribution in [0.4, 0.5) is 0 Å². The van der Waals surface area contributed by atoms with E-state index in [1.54, 1.807) is 6.92 Å². The molecular formula is C25H38O9S. The maximum atomic E-state index is 11.1. The van der Waals surface area contributed by atoms with Gasteiger partial charge in [0.05, 0.1) is 25.1 Å². The number of aliphatic hydroxyl groups excluding tert-OH is 1. The lowest BCUT2D eigenvalue weighted by atomic mass is 10.1. The molecule has 1 aliphatic heterocycles. The summed E-state index contributed by atoms with van der Waals surface area (Å²) in [7, 11) is -3.26. The summed E-state index contributed by atoms with van der Waals surface area (Å²) in [6.45, 7) is 6.42. The summed E-state index contributed by atoms with van der Waals surface area (Å²) in [6.07, 6.45) is 3.20. The van der Waals surface area contributed by atoms with Crippen LogP contribution in [0.1, 0.15) is 56.1 Å². The molecule has 0 aliphatic carbocycles. The Morgan fingerprint density at radius 3 is 1.91 bits per heavy atom. The van der Waals surface area contributed by atoms with E-state index in [9.17, 15) is 28.5 Å². The average molecular weight is 515 g/mol. The van der Waals surface area contributed by atoms with Gasteiger partial charge in [0.2, 0.25) is 0 Å². The Kier molecular flexibility index (Phi) is 15.4. The summed E-state index contributed by atoms with van der Waals surface area (Å²) in [5.41, 5.74) is 0.896. The molecule has 198 valence electrons. The molecule has 1 unspecified atom stereocenters. The van der Waals surface area contributed by atoms with Crippen LogP contribution < -0.4 is 9.47 Å². The zero-order valence-corrected chi connectivity index (χ0v) is 20.6. The van der Waals surface area contributed by atoms with Gasteiger partial charge in [0.25, 0.3) is 0 Å². The van der Waals surface area contributed by atoms with Crippen LogP contribution in [0.5, 0.6) is 23.0 Å². The van der Waals surface area contributed by atoms with E-state index in [1.165, 1.54) is 49.2 Å². The average Bonchev–Trinajstić information content (AvgIpc) is 3.37. The van der Waals surface area contributed by atoms with Crippen LogP contribution in [-0.4, -0.2) is 68.5 Å². The van der Waals surface area contributed by atoms with Gasteiger partial charge in [-0.15, -0.1) is 0 Å². The van der Waals surface area contributed by atoms with Gasteiger partial charge in [-0.05, 0) is 62.6 Å². The molecule has 9 nitrogen and oxygen atoms in total. The van der Waals surface area contributed by atoms with Gasteiger partial charge in [0.15, 0.2) is 23.0 Å². The number of carbonyl (C=O) groups is 1. The highest BCUT2D eigenvalue weighted by atomic mass is 32.2. The predicted molar refractivity (Wildman–Crippen MR) is 135 cm³/mol. The van der Waals surface area contributed by atoms with Crippen LogP contribution in [-0.2, 0) is 14.6 Å². The van der Waals surface area contributed by atoms with Gasteiger partial charge in [-0.2, -0.15) is 0 Å². The molecule has 2 aromatic carbocycles. The first-order valence-electron chi connectivity index (χ1n) is 10.9. The second kappa shape index (κ2) is 16.7. The molecule has 1 fully saturated rings. The number of sulfone groups is 1. The smallest absolute Gasteiger partial charge is 0.161 e. The topological polar surface area (TPSA) is 140 Å². The number of phenols is 2. The number of hydrogen-bond acceptors (Lipinski definition) is 9. The largest absolute Gasteiger partial charge is 0.504 e. The van der Waals surface area contributed by atoms with E-state index < -0.39 is 15.9 Å². The fourth-order valence-corrected chi connectivity index (χ4v) is 3.54. The van der Waals surface area contributed by atoms with Gasteiger partial charge < -0.3 is 29.5 Å². The van der Waals surface area contributed by atoms with E-state index in [4.69, 9.17) is 14.2 Å². The van der Waals surface area contributed by atoms with E-state index in [0.717, 1.165) is 19.5 Å². The number of hydrogen-bond donors (Lipinski definition) is 3. The summed E-state index contributed by atoms with van der Waals surface area (Å²) in [5.74, 6) is 0.243. The number of benzene rings is 2. The van der Waals surface area contributed by atoms with Gasteiger partial charge in [0, 0.05) is 25.0 Å². The monoisotopic (exact) mass is 514 g/mol. The molecule has 0 amide bonds. The van der Waals surface area contributed by atoms with Crippen molar-refractivity contribution in [1.82, 2.24) is 0 Å². The normalized spacial score (nSPS) is 13.1. The van der Waals surface area contributed by atoms with Crippen molar-refractivity contribution in [2.45, 2.75) is 40.2 Å². The van der Waals surface area contributed by atoms with E-state index in [1.807, 2.05) is 6.92 Å². The molecule has 3 N–H and O–H groups in total. The summed E-state index contributed by atoms with van der Waals surface area (Å²) in [6, 6.07) is 8.75. The Balaban J connectivity index is 0.000000555. The summed E-state index contributed by atoms with van der Waals surface area (Å²) in [5, 5.41) is 28.4. The van der Waals surface area contributed by atoms with Gasteiger partial charge in [-0.3, -0.25) is 4.79 Å². The second-order valence-corrected chi connectivity index (χ2v) is 9.55. The van der Waals surface area contributed by atoms with Crippen molar-refractivity contribution in [3.05, 3.63) is 47.5 Å². The minimum Gasteiger partial charge on any atom is -0.504 e. The highest BCUT2D eigenvalue weighted by Crippen LogP contribution is 2.29. The van der Waals surface area contributed by atoms with Crippen LogP contribution in [0, 0.1) is 0 Å². The lowest BCUT2D eigenvalue weighted by molar-refractivity contribution is 0.112. The van der Waals surface area contributed by atoms with E-state index in [-0.39, 0.29) is 30.4 Å². The number of aldehydes is 1. The molecule has 2 aromatic rings. The summed E-state index contributed by atoms with van der Waals surface area (Å²) >= 11 is 0. The minimum absolute atomic E-state index is 0. The molecule has 35 heavy (non-hydrogen) atoms.